The molecular formula is C12H15NO. The van der Waals surface area contributed by atoms with Crippen LogP contribution in [0.15, 0.2) is 30.8 Å². The Morgan fingerprint density at radius 1 is 1.43 bits per heavy atom. The van der Waals surface area contributed by atoms with Gasteiger partial charge >= 0.3 is 0 Å². The lowest BCUT2D eigenvalue weighted by atomic mass is 10.1. The molecule has 1 heterocycles. The molecule has 2 heteroatoms. The summed E-state index contributed by atoms with van der Waals surface area (Å²) in [6.07, 6.45) is 2.32. The number of epoxide rings is 1. The van der Waals surface area contributed by atoms with E-state index in [0.717, 1.165) is 19.7 Å². The normalized spacial score (nSPS) is 19.3. The van der Waals surface area contributed by atoms with E-state index >= 15 is 0 Å². The predicted octanol–water partition coefficient (Wildman–Crippen LogP) is 1.82. The summed E-state index contributed by atoms with van der Waals surface area (Å²) in [6, 6.07) is 8.41. The van der Waals surface area contributed by atoms with Crippen molar-refractivity contribution in [3.05, 3.63) is 42.0 Å². The quantitative estimate of drug-likeness (QED) is 0.714. The molecule has 1 fully saturated rings. The van der Waals surface area contributed by atoms with Crippen LogP contribution in [-0.2, 0) is 11.3 Å². The van der Waals surface area contributed by atoms with E-state index in [4.69, 9.17) is 4.74 Å². The molecule has 1 unspecified atom stereocenters. The first-order chi connectivity index (χ1) is 6.88. The molecule has 0 spiro atoms. The third-order valence-electron chi connectivity index (χ3n) is 2.32. The summed E-state index contributed by atoms with van der Waals surface area (Å²) in [7, 11) is 0. The van der Waals surface area contributed by atoms with Crippen molar-refractivity contribution in [3.63, 3.8) is 0 Å². The SMILES string of the molecule is C=Cc1ccc(CNCC2CO2)cc1. The maximum atomic E-state index is 5.11. The first kappa shape index (κ1) is 9.44. The van der Waals surface area contributed by atoms with Gasteiger partial charge in [-0.1, -0.05) is 36.9 Å². The van der Waals surface area contributed by atoms with Crippen molar-refractivity contribution in [3.8, 4) is 0 Å². The number of hydrogen-bond donors (Lipinski definition) is 1. The van der Waals surface area contributed by atoms with Gasteiger partial charge in [0.1, 0.15) is 0 Å². The van der Waals surface area contributed by atoms with Crippen molar-refractivity contribution in [1.29, 1.82) is 0 Å². The highest BCUT2D eigenvalue weighted by molar-refractivity contribution is 5.47. The molecule has 0 saturated carbocycles. The van der Waals surface area contributed by atoms with Crippen LogP contribution in [0.5, 0.6) is 0 Å². The molecule has 1 aliphatic rings. The number of benzene rings is 1. The third-order valence-corrected chi connectivity index (χ3v) is 2.32. The van der Waals surface area contributed by atoms with E-state index < -0.39 is 0 Å². The van der Waals surface area contributed by atoms with Gasteiger partial charge in [0, 0.05) is 13.1 Å². The molecule has 0 aromatic heterocycles. The van der Waals surface area contributed by atoms with Crippen LogP contribution in [-0.4, -0.2) is 19.3 Å². The Morgan fingerprint density at radius 2 is 2.14 bits per heavy atom. The van der Waals surface area contributed by atoms with Gasteiger partial charge in [-0.3, -0.25) is 0 Å². The van der Waals surface area contributed by atoms with E-state index in [2.05, 4.69) is 36.2 Å². The molecule has 2 nitrogen and oxygen atoms in total. The minimum Gasteiger partial charge on any atom is -0.372 e. The molecule has 1 N–H and O–H groups in total. The van der Waals surface area contributed by atoms with Crippen molar-refractivity contribution < 1.29 is 4.74 Å². The minimum absolute atomic E-state index is 0.461. The van der Waals surface area contributed by atoms with Crippen LogP contribution >= 0.6 is 0 Å². The molecule has 0 amide bonds. The summed E-state index contributed by atoms with van der Waals surface area (Å²) >= 11 is 0. The molecule has 1 aromatic carbocycles. The molecular weight excluding hydrogens is 174 g/mol. The van der Waals surface area contributed by atoms with E-state index in [1.165, 1.54) is 11.1 Å². The Bertz CT molecular complexity index is 301. The Kier molecular flexibility index (Phi) is 2.96. The number of ether oxygens (including phenoxy) is 1. The average molecular weight is 189 g/mol. The Hall–Kier alpha value is -1.12. The van der Waals surface area contributed by atoms with Crippen molar-refractivity contribution in [2.45, 2.75) is 12.6 Å². The molecule has 14 heavy (non-hydrogen) atoms. The van der Waals surface area contributed by atoms with Crippen LogP contribution in [0.3, 0.4) is 0 Å². The van der Waals surface area contributed by atoms with Crippen molar-refractivity contribution >= 4 is 6.08 Å². The molecule has 2 rings (SSSR count). The lowest BCUT2D eigenvalue weighted by Gasteiger charge is -2.03. The molecule has 1 atom stereocenters. The standard InChI is InChI=1S/C12H15NO/c1-2-10-3-5-11(6-4-10)7-13-8-12-9-14-12/h2-6,12-13H,1,7-9H2. The maximum Gasteiger partial charge on any atom is 0.0934 e. The highest BCUT2D eigenvalue weighted by Crippen LogP contribution is 2.08. The number of rotatable bonds is 5. The Balaban J connectivity index is 1.79. The van der Waals surface area contributed by atoms with Gasteiger partial charge < -0.3 is 10.1 Å². The molecule has 0 bridgehead atoms. The molecule has 74 valence electrons. The monoisotopic (exact) mass is 189 g/mol. The third kappa shape index (κ3) is 2.69. The second-order valence-electron chi connectivity index (χ2n) is 3.53. The summed E-state index contributed by atoms with van der Waals surface area (Å²) in [4.78, 5) is 0. The van der Waals surface area contributed by atoms with Crippen LogP contribution in [0.25, 0.3) is 6.08 Å². The van der Waals surface area contributed by atoms with Gasteiger partial charge in [0.15, 0.2) is 0 Å². The van der Waals surface area contributed by atoms with Crippen LogP contribution in [0.1, 0.15) is 11.1 Å². The summed E-state index contributed by atoms with van der Waals surface area (Å²) in [5.74, 6) is 0. The van der Waals surface area contributed by atoms with Crippen molar-refractivity contribution in [2.75, 3.05) is 13.2 Å². The van der Waals surface area contributed by atoms with Crippen molar-refractivity contribution in [1.82, 2.24) is 5.32 Å². The molecule has 0 radical (unpaired) electrons. The van der Waals surface area contributed by atoms with Gasteiger partial charge in [-0.25, -0.2) is 0 Å². The fourth-order valence-corrected chi connectivity index (χ4v) is 1.33. The molecule has 1 aromatic rings. The zero-order chi connectivity index (χ0) is 9.80. The predicted molar refractivity (Wildman–Crippen MR) is 58.0 cm³/mol. The van der Waals surface area contributed by atoms with E-state index in [1.807, 2.05) is 6.08 Å². The average Bonchev–Trinajstić information content (AvgIpc) is 3.03. The lowest BCUT2D eigenvalue weighted by molar-refractivity contribution is 0.396. The largest absolute Gasteiger partial charge is 0.372 e. The first-order valence-corrected chi connectivity index (χ1v) is 4.92. The summed E-state index contributed by atoms with van der Waals surface area (Å²) < 4.78 is 5.11. The smallest absolute Gasteiger partial charge is 0.0934 e. The minimum atomic E-state index is 0.461. The summed E-state index contributed by atoms with van der Waals surface area (Å²) in [5, 5.41) is 3.35. The Morgan fingerprint density at radius 3 is 2.71 bits per heavy atom. The first-order valence-electron chi connectivity index (χ1n) is 4.92. The fourth-order valence-electron chi connectivity index (χ4n) is 1.33. The van der Waals surface area contributed by atoms with Gasteiger partial charge in [0.2, 0.25) is 0 Å². The molecule has 0 aliphatic carbocycles. The van der Waals surface area contributed by atoms with Gasteiger partial charge in [-0.15, -0.1) is 0 Å². The zero-order valence-corrected chi connectivity index (χ0v) is 8.20. The van der Waals surface area contributed by atoms with Gasteiger partial charge in [0.25, 0.3) is 0 Å². The van der Waals surface area contributed by atoms with Gasteiger partial charge in [-0.2, -0.15) is 0 Å². The van der Waals surface area contributed by atoms with Crippen LogP contribution in [0, 0.1) is 0 Å². The fraction of sp³-hybridized carbons (Fsp3) is 0.333. The molecule has 1 saturated heterocycles. The van der Waals surface area contributed by atoms with Crippen LogP contribution < -0.4 is 5.32 Å². The molecule has 1 aliphatic heterocycles. The van der Waals surface area contributed by atoms with E-state index in [-0.39, 0.29) is 0 Å². The second-order valence-corrected chi connectivity index (χ2v) is 3.53. The highest BCUT2D eigenvalue weighted by atomic mass is 16.6. The number of nitrogens with one attached hydrogen (secondary N) is 1. The van der Waals surface area contributed by atoms with Crippen LogP contribution in [0.2, 0.25) is 0 Å². The highest BCUT2D eigenvalue weighted by Gasteiger charge is 2.20. The van der Waals surface area contributed by atoms with Gasteiger partial charge in [0.05, 0.1) is 12.7 Å². The second kappa shape index (κ2) is 4.40. The van der Waals surface area contributed by atoms with Gasteiger partial charge in [-0.05, 0) is 11.1 Å². The zero-order valence-electron chi connectivity index (χ0n) is 8.20. The maximum absolute atomic E-state index is 5.11. The topological polar surface area (TPSA) is 24.6 Å². The summed E-state index contributed by atoms with van der Waals surface area (Å²) in [6.45, 7) is 6.52. The van der Waals surface area contributed by atoms with E-state index in [1.54, 1.807) is 0 Å². The van der Waals surface area contributed by atoms with Crippen LogP contribution in [0.4, 0.5) is 0 Å². The Labute approximate surface area is 84.6 Å². The van der Waals surface area contributed by atoms with Crippen molar-refractivity contribution in [2.24, 2.45) is 0 Å². The lowest BCUT2D eigenvalue weighted by Crippen LogP contribution is -2.18. The summed E-state index contributed by atoms with van der Waals surface area (Å²) in [5.41, 5.74) is 2.47. The van der Waals surface area contributed by atoms with E-state index in [9.17, 15) is 0 Å². The van der Waals surface area contributed by atoms with E-state index in [0.29, 0.717) is 6.10 Å². The number of hydrogen-bond acceptors (Lipinski definition) is 2.